The van der Waals surface area contributed by atoms with E-state index in [1.54, 1.807) is 0 Å². The maximum Gasteiger partial charge on any atom is 0.0576 e. The predicted octanol–water partition coefficient (Wildman–Crippen LogP) is 3.96. The van der Waals surface area contributed by atoms with E-state index in [2.05, 4.69) is 21.4 Å². The van der Waals surface area contributed by atoms with Gasteiger partial charge in [0.05, 0.1) is 11.1 Å². The molecule has 1 saturated heterocycles. The summed E-state index contributed by atoms with van der Waals surface area (Å²) in [4.78, 5) is 0. The number of rotatable bonds is 6. The predicted molar refractivity (Wildman–Crippen MR) is 82.0 cm³/mol. The molecule has 0 bridgehead atoms. The molecule has 1 aromatic carbocycles. The van der Waals surface area contributed by atoms with Gasteiger partial charge in [-0.2, -0.15) is 0 Å². The zero-order valence-electron chi connectivity index (χ0n) is 10.9. The van der Waals surface area contributed by atoms with Crippen molar-refractivity contribution in [2.75, 3.05) is 6.61 Å². The number of hydrogen-bond donors (Lipinski definition) is 2. The summed E-state index contributed by atoms with van der Waals surface area (Å²) >= 11 is 9.51. The largest absolute Gasteiger partial charge is 0.378 e. The molecule has 0 aromatic heterocycles. The lowest BCUT2D eigenvalue weighted by atomic mass is 10.00. The molecule has 0 saturated carbocycles. The van der Waals surface area contributed by atoms with Crippen LogP contribution in [0.25, 0.3) is 0 Å². The maximum atomic E-state index is 6.12. The number of benzene rings is 1. The molecule has 1 aliphatic rings. The number of ether oxygens (including phenoxy) is 1. The lowest BCUT2D eigenvalue weighted by Gasteiger charge is -2.18. The van der Waals surface area contributed by atoms with E-state index in [0.29, 0.717) is 6.10 Å². The van der Waals surface area contributed by atoms with Gasteiger partial charge in [0, 0.05) is 17.1 Å². The Morgan fingerprint density at radius 2 is 2.37 bits per heavy atom. The Hall–Kier alpha value is -0.130. The van der Waals surface area contributed by atoms with Gasteiger partial charge in [-0.15, -0.1) is 0 Å². The third-order valence-corrected chi connectivity index (χ3v) is 4.82. The fraction of sp³-hybridized carbons (Fsp3) is 0.571. The van der Waals surface area contributed by atoms with E-state index < -0.39 is 0 Å². The van der Waals surface area contributed by atoms with Crippen molar-refractivity contribution in [2.24, 2.45) is 5.84 Å². The average molecular weight is 348 g/mol. The van der Waals surface area contributed by atoms with Gasteiger partial charge in [-0.3, -0.25) is 11.3 Å². The average Bonchev–Trinajstić information content (AvgIpc) is 2.91. The lowest BCUT2D eigenvalue weighted by molar-refractivity contribution is 0.101. The maximum absolute atomic E-state index is 6.12. The lowest BCUT2D eigenvalue weighted by Crippen LogP contribution is -2.28. The second-order valence-electron chi connectivity index (χ2n) is 4.96. The molecular weight excluding hydrogens is 328 g/mol. The van der Waals surface area contributed by atoms with Crippen LogP contribution in [0, 0.1) is 0 Å². The molecule has 0 aliphatic carbocycles. The van der Waals surface area contributed by atoms with Gasteiger partial charge in [0.15, 0.2) is 0 Å². The Balaban J connectivity index is 1.86. The van der Waals surface area contributed by atoms with Crippen molar-refractivity contribution in [1.29, 1.82) is 0 Å². The third kappa shape index (κ3) is 4.43. The first-order valence-electron chi connectivity index (χ1n) is 6.73. The highest BCUT2D eigenvalue weighted by Gasteiger charge is 2.17. The van der Waals surface area contributed by atoms with Gasteiger partial charge < -0.3 is 4.74 Å². The fourth-order valence-electron chi connectivity index (χ4n) is 2.50. The molecule has 0 amide bonds. The highest BCUT2D eigenvalue weighted by atomic mass is 79.9. The standard InChI is InChI=1S/C14H20BrClN2O/c15-12-7-6-10(9-13(12)16)14(18-17)5-1-3-11-4-2-8-19-11/h6-7,9,11,14,18H,1-5,8,17H2. The second kappa shape index (κ2) is 7.60. The first-order chi connectivity index (χ1) is 9.20. The van der Waals surface area contributed by atoms with Crippen LogP contribution in [-0.4, -0.2) is 12.7 Å². The smallest absolute Gasteiger partial charge is 0.0576 e. The summed E-state index contributed by atoms with van der Waals surface area (Å²) in [6, 6.07) is 6.11. The summed E-state index contributed by atoms with van der Waals surface area (Å²) < 4.78 is 6.54. The van der Waals surface area contributed by atoms with Gasteiger partial charge in [0.2, 0.25) is 0 Å². The van der Waals surface area contributed by atoms with Crippen LogP contribution in [0.15, 0.2) is 22.7 Å². The fourth-order valence-corrected chi connectivity index (χ4v) is 2.93. The molecule has 2 unspecified atom stereocenters. The molecule has 3 N–H and O–H groups in total. The number of hydrazine groups is 1. The van der Waals surface area contributed by atoms with Crippen molar-refractivity contribution in [3.8, 4) is 0 Å². The molecule has 0 spiro atoms. The van der Waals surface area contributed by atoms with Crippen molar-refractivity contribution in [1.82, 2.24) is 5.43 Å². The van der Waals surface area contributed by atoms with E-state index in [1.165, 1.54) is 12.8 Å². The topological polar surface area (TPSA) is 47.3 Å². The summed E-state index contributed by atoms with van der Waals surface area (Å²) in [7, 11) is 0. The van der Waals surface area contributed by atoms with Crippen molar-refractivity contribution in [2.45, 2.75) is 44.2 Å². The van der Waals surface area contributed by atoms with E-state index in [0.717, 1.165) is 40.9 Å². The van der Waals surface area contributed by atoms with E-state index >= 15 is 0 Å². The first kappa shape index (κ1) is 15.3. The Kier molecular flexibility index (Phi) is 6.10. The zero-order chi connectivity index (χ0) is 13.7. The van der Waals surface area contributed by atoms with Crippen LogP contribution in [0.1, 0.15) is 43.7 Å². The summed E-state index contributed by atoms with van der Waals surface area (Å²) in [6.07, 6.45) is 6.06. The summed E-state index contributed by atoms with van der Waals surface area (Å²) in [6.45, 7) is 0.922. The van der Waals surface area contributed by atoms with Gasteiger partial charge in [-0.1, -0.05) is 17.7 Å². The van der Waals surface area contributed by atoms with Crippen LogP contribution in [0.4, 0.5) is 0 Å². The summed E-state index contributed by atoms with van der Waals surface area (Å²) in [5.41, 5.74) is 4.00. The van der Waals surface area contributed by atoms with Crippen LogP contribution in [0.3, 0.4) is 0 Å². The number of nitrogens with one attached hydrogen (secondary N) is 1. The van der Waals surface area contributed by atoms with Gasteiger partial charge in [0.1, 0.15) is 0 Å². The van der Waals surface area contributed by atoms with E-state index in [4.69, 9.17) is 22.2 Å². The molecule has 106 valence electrons. The minimum absolute atomic E-state index is 0.145. The van der Waals surface area contributed by atoms with E-state index in [9.17, 15) is 0 Å². The van der Waals surface area contributed by atoms with Crippen molar-refractivity contribution < 1.29 is 4.74 Å². The minimum atomic E-state index is 0.145. The highest BCUT2D eigenvalue weighted by molar-refractivity contribution is 9.10. The van der Waals surface area contributed by atoms with Crippen molar-refractivity contribution in [3.63, 3.8) is 0 Å². The van der Waals surface area contributed by atoms with Gasteiger partial charge in [-0.05, 0) is 65.7 Å². The van der Waals surface area contributed by atoms with Gasteiger partial charge in [-0.25, -0.2) is 0 Å². The zero-order valence-corrected chi connectivity index (χ0v) is 13.2. The first-order valence-corrected chi connectivity index (χ1v) is 7.90. The van der Waals surface area contributed by atoms with E-state index in [-0.39, 0.29) is 6.04 Å². The molecule has 19 heavy (non-hydrogen) atoms. The SMILES string of the molecule is NNC(CCCC1CCCO1)c1ccc(Br)c(Cl)c1. The van der Waals surface area contributed by atoms with Crippen LogP contribution in [-0.2, 0) is 4.74 Å². The van der Waals surface area contributed by atoms with Crippen LogP contribution < -0.4 is 11.3 Å². The highest BCUT2D eigenvalue weighted by Crippen LogP contribution is 2.28. The molecule has 1 aliphatic heterocycles. The molecule has 3 nitrogen and oxygen atoms in total. The van der Waals surface area contributed by atoms with Crippen molar-refractivity contribution >= 4 is 27.5 Å². The molecule has 0 radical (unpaired) electrons. The monoisotopic (exact) mass is 346 g/mol. The molecule has 1 aromatic rings. The van der Waals surface area contributed by atoms with Crippen LogP contribution in [0.2, 0.25) is 5.02 Å². The van der Waals surface area contributed by atoms with Gasteiger partial charge in [0.25, 0.3) is 0 Å². The minimum Gasteiger partial charge on any atom is -0.378 e. The van der Waals surface area contributed by atoms with E-state index in [1.807, 2.05) is 18.2 Å². The third-order valence-electron chi connectivity index (χ3n) is 3.59. The number of nitrogens with two attached hydrogens (primary N) is 1. The second-order valence-corrected chi connectivity index (χ2v) is 6.22. The van der Waals surface area contributed by atoms with Crippen molar-refractivity contribution in [3.05, 3.63) is 33.3 Å². The normalized spacial score (nSPS) is 20.7. The summed E-state index contributed by atoms with van der Waals surface area (Å²) in [5.74, 6) is 5.65. The number of halogens is 2. The molecule has 1 fully saturated rings. The Morgan fingerprint density at radius 3 is 3.00 bits per heavy atom. The molecule has 1 heterocycles. The molecule has 2 atom stereocenters. The van der Waals surface area contributed by atoms with Crippen LogP contribution >= 0.6 is 27.5 Å². The number of hydrogen-bond acceptors (Lipinski definition) is 3. The quantitative estimate of drug-likeness (QED) is 0.605. The molecular formula is C14H20BrClN2O. The van der Waals surface area contributed by atoms with Gasteiger partial charge >= 0.3 is 0 Å². The van der Waals surface area contributed by atoms with Crippen LogP contribution in [0.5, 0.6) is 0 Å². The molecule has 2 rings (SSSR count). The Morgan fingerprint density at radius 1 is 1.53 bits per heavy atom. The Bertz CT molecular complexity index is 410. The molecule has 5 heteroatoms. The Labute approximate surface area is 127 Å². The summed E-state index contributed by atoms with van der Waals surface area (Å²) in [5, 5.41) is 0.719.